The van der Waals surface area contributed by atoms with Crippen molar-refractivity contribution in [2.45, 2.75) is 51.5 Å². The number of rotatable bonds is 4. The van der Waals surface area contributed by atoms with Crippen LogP contribution < -0.4 is 0 Å². The molecule has 0 spiro atoms. The summed E-state index contributed by atoms with van der Waals surface area (Å²) in [4.78, 5) is 13.7. The molecule has 110 valence electrons. The molecule has 1 heterocycles. The van der Waals surface area contributed by atoms with Gasteiger partial charge in [-0.1, -0.05) is 19.3 Å². The summed E-state index contributed by atoms with van der Waals surface area (Å²) in [6, 6.07) is 0.153. The van der Waals surface area contributed by atoms with Crippen LogP contribution in [-0.2, 0) is 15.0 Å². The van der Waals surface area contributed by atoms with Gasteiger partial charge in [-0.15, -0.1) is 3.89 Å². The number of amides is 1. The Morgan fingerprint density at radius 1 is 1.32 bits per heavy atom. The van der Waals surface area contributed by atoms with Crippen molar-refractivity contribution in [1.82, 2.24) is 4.90 Å². The Bertz CT molecular complexity index is 431. The fourth-order valence-electron chi connectivity index (χ4n) is 3.47. The van der Waals surface area contributed by atoms with Gasteiger partial charge in [-0.05, 0) is 25.7 Å². The fourth-order valence-corrected chi connectivity index (χ4v) is 4.25. The van der Waals surface area contributed by atoms with Gasteiger partial charge in [-0.2, -0.15) is 8.42 Å². The summed E-state index contributed by atoms with van der Waals surface area (Å²) >= 11 is 0. The molecule has 6 heteroatoms. The Balaban J connectivity index is 1.95. The van der Waals surface area contributed by atoms with Crippen LogP contribution in [0, 0.1) is 11.8 Å². The minimum atomic E-state index is -4.48. The summed E-state index contributed by atoms with van der Waals surface area (Å²) in [5.74, 6) is -0.411. The molecule has 2 aliphatic rings. The van der Waals surface area contributed by atoms with Gasteiger partial charge in [0.25, 0.3) is 0 Å². The normalized spacial score (nSPS) is 27.8. The third-order valence-electron chi connectivity index (χ3n) is 4.50. The lowest BCUT2D eigenvalue weighted by Crippen LogP contribution is -2.40. The predicted octanol–water partition coefficient (Wildman–Crippen LogP) is 2.10. The van der Waals surface area contributed by atoms with E-state index in [1.54, 1.807) is 4.90 Å². The molecule has 19 heavy (non-hydrogen) atoms. The minimum absolute atomic E-state index is 0.0216. The van der Waals surface area contributed by atoms with E-state index in [1.165, 1.54) is 19.3 Å². The lowest BCUT2D eigenvalue weighted by atomic mass is 9.84. The number of hydrogen-bond acceptors (Lipinski definition) is 3. The lowest BCUT2D eigenvalue weighted by molar-refractivity contribution is -0.130. The third kappa shape index (κ3) is 3.91. The largest absolute Gasteiger partial charge is 0.339 e. The van der Waals surface area contributed by atoms with Gasteiger partial charge < -0.3 is 4.90 Å². The highest BCUT2D eigenvalue weighted by molar-refractivity contribution is 7.86. The number of halogens is 1. The molecule has 2 atom stereocenters. The molecule has 0 aromatic heterocycles. The number of carbonyl (C=O) groups is 1. The zero-order valence-electron chi connectivity index (χ0n) is 11.3. The van der Waals surface area contributed by atoms with E-state index < -0.39 is 16.0 Å². The molecule has 0 radical (unpaired) electrons. The molecule has 0 N–H and O–H groups in total. The second-order valence-corrected chi connectivity index (χ2v) is 7.37. The Morgan fingerprint density at radius 3 is 2.53 bits per heavy atom. The van der Waals surface area contributed by atoms with Crippen molar-refractivity contribution in [3.05, 3.63) is 0 Å². The van der Waals surface area contributed by atoms with E-state index in [4.69, 9.17) is 0 Å². The molecule has 2 rings (SSSR count). The van der Waals surface area contributed by atoms with Crippen molar-refractivity contribution in [3.8, 4) is 0 Å². The van der Waals surface area contributed by atoms with Crippen molar-refractivity contribution < 1.29 is 17.1 Å². The Kier molecular flexibility index (Phi) is 4.48. The van der Waals surface area contributed by atoms with Gasteiger partial charge in [0.1, 0.15) is 0 Å². The summed E-state index contributed by atoms with van der Waals surface area (Å²) in [6.07, 6.45) is 6.12. The number of likely N-dealkylation sites (tertiary alicyclic amines) is 1. The summed E-state index contributed by atoms with van der Waals surface area (Å²) in [5, 5.41) is 0. The van der Waals surface area contributed by atoms with Crippen LogP contribution >= 0.6 is 0 Å². The van der Waals surface area contributed by atoms with Gasteiger partial charge in [0, 0.05) is 24.9 Å². The van der Waals surface area contributed by atoms with Crippen molar-refractivity contribution in [2.75, 3.05) is 12.3 Å². The summed E-state index contributed by atoms with van der Waals surface area (Å²) in [5.41, 5.74) is 0. The molecule has 0 aromatic rings. The Hall–Kier alpha value is -0.650. The standard InChI is InChI=1S/C13H22FNO3S/c1-10(12-5-3-2-4-6-12)15-8-11(7-13(15)16)9-19(14,17)18/h10-12H,2-9H2,1H3/t10-,11?/m0/s1. The first-order valence-corrected chi connectivity index (χ1v) is 8.64. The van der Waals surface area contributed by atoms with E-state index in [9.17, 15) is 17.1 Å². The Morgan fingerprint density at radius 2 is 1.95 bits per heavy atom. The molecular formula is C13H22FNO3S. The number of hydrogen-bond donors (Lipinski definition) is 0. The average molecular weight is 291 g/mol. The van der Waals surface area contributed by atoms with Crippen LogP contribution in [-0.4, -0.2) is 37.6 Å². The quantitative estimate of drug-likeness (QED) is 0.745. The molecular weight excluding hydrogens is 269 g/mol. The van der Waals surface area contributed by atoms with Crippen molar-refractivity contribution >= 4 is 16.1 Å². The zero-order chi connectivity index (χ0) is 14.0. The highest BCUT2D eigenvalue weighted by atomic mass is 32.3. The van der Waals surface area contributed by atoms with Gasteiger partial charge in [0.05, 0.1) is 5.75 Å². The first-order chi connectivity index (χ1) is 8.87. The van der Waals surface area contributed by atoms with Crippen LogP contribution in [0.1, 0.15) is 45.4 Å². The van der Waals surface area contributed by atoms with Crippen LogP contribution in [0.15, 0.2) is 0 Å². The van der Waals surface area contributed by atoms with E-state index in [2.05, 4.69) is 0 Å². The first-order valence-electron chi connectivity index (χ1n) is 7.08. The van der Waals surface area contributed by atoms with Crippen molar-refractivity contribution in [2.24, 2.45) is 11.8 Å². The van der Waals surface area contributed by atoms with Crippen molar-refractivity contribution in [1.29, 1.82) is 0 Å². The maximum atomic E-state index is 12.7. The molecule has 1 unspecified atom stereocenters. The number of nitrogens with zero attached hydrogens (tertiary/aromatic N) is 1. The smallest absolute Gasteiger partial charge is 0.302 e. The molecule has 2 fully saturated rings. The number of carbonyl (C=O) groups excluding carboxylic acids is 1. The second-order valence-electron chi connectivity index (χ2n) is 5.96. The molecule has 0 aromatic carbocycles. The fraction of sp³-hybridized carbons (Fsp3) is 0.923. The van der Waals surface area contributed by atoms with Crippen molar-refractivity contribution in [3.63, 3.8) is 0 Å². The first kappa shape index (κ1) is 14.8. The van der Waals surface area contributed by atoms with Gasteiger partial charge in [0.2, 0.25) is 5.91 Å². The summed E-state index contributed by atoms with van der Waals surface area (Å²) in [6.45, 7) is 2.43. The molecule has 0 bridgehead atoms. The maximum Gasteiger partial charge on any atom is 0.302 e. The van der Waals surface area contributed by atoms with Gasteiger partial charge >= 0.3 is 10.2 Å². The van der Waals surface area contributed by atoms with Gasteiger partial charge in [0.15, 0.2) is 0 Å². The Labute approximate surface area is 114 Å². The van der Waals surface area contributed by atoms with Crippen LogP contribution in [0.4, 0.5) is 3.89 Å². The SMILES string of the molecule is C[C@@H](C1CCCCC1)N1CC(CS(=O)(=O)F)CC1=O. The highest BCUT2D eigenvalue weighted by Crippen LogP contribution is 2.32. The molecule has 1 saturated carbocycles. The third-order valence-corrected chi connectivity index (χ3v) is 5.37. The molecule has 1 aliphatic carbocycles. The van der Waals surface area contributed by atoms with E-state index >= 15 is 0 Å². The average Bonchev–Trinajstić information content (AvgIpc) is 2.68. The molecule has 1 saturated heterocycles. The molecule has 1 aliphatic heterocycles. The van der Waals surface area contributed by atoms with E-state index in [0.717, 1.165) is 12.8 Å². The van der Waals surface area contributed by atoms with Crippen LogP contribution in [0.25, 0.3) is 0 Å². The topological polar surface area (TPSA) is 54.5 Å². The molecule has 1 amide bonds. The van der Waals surface area contributed by atoms with Crippen LogP contribution in [0.5, 0.6) is 0 Å². The molecule has 4 nitrogen and oxygen atoms in total. The van der Waals surface area contributed by atoms with Crippen LogP contribution in [0.2, 0.25) is 0 Å². The highest BCUT2D eigenvalue weighted by Gasteiger charge is 2.37. The predicted molar refractivity (Wildman–Crippen MR) is 70.8 cm³/mol. The van der Waals surface area contributed by atoms with Gasteiger partial charge in [-0.25, -0.2) is 0 Å². The minimum Gasteiger partial charge on any atom is -0.339 e. The van der Waals surface area contributed by atoms with Gasteiger partial charge in [-0.3, -0.25) is 4.79 Å². The second kappa shape index (κ2) is 5.77. The monoisotopic (exact) mass is 291 g/mol. The van der Waals surface area contributed by atoms with E-state index in [1.807, 2.05) is 6.92 Å². The lowest BCUT2D eigenvalue weighted by Gasteiger charge is -2.34. The zero-order valence-corrected chi connectivity index (χ0v) is 12.2. The van der Waals surface area contributed by atoms with E-state index in [-0.39, 0.29) is 24.3 Å². The van der Waals surface area contributed by atoms with Crippen LogP contribution in [0.3, 0.4) is 0 Å². The maximum absolute atomic E-state index is 12.7. The van der Waals surface area contributed by atoms with E-state index in [0.29, 0.717) is 12.5 Å². The summed E-state index contributed by atoms with van der Waals surface area (Å²) < 4.78 is 34.0. The summed E-state index contributed by atoms with van der Waals surface area (Å²) in [7, 11) is -4.48.